The van der Waals surface area contributed by atoms with Crippen LogP contribution in [0.3, 0.4) is 0 Å². The zero-order chi connectivity index (χ0) is 17.9. The Morgan fingerprint density at radius 1 is 1.00 bits per heavy atom. The van der Waals surface area contributed by atoms with Crippen LogP contribution < -0.4 is 5.32 Å². The largest absolute Gasteiger partial charge is 0.436 e. The summed E-state index contributed by atoms with van der Waals surface area (Å²) in [6.45, 7) is 0. The summed E-state index contributed by atoms with van der Waals surface area (Å²) in [5, 5.41) is 2.91. The number of carbonyl (C=O) groups is 1. The van der Waals surface area contributed by atoms with Crippen molar-refractivity contribution < 1.29 is 9.21 Å². The highest BCUT2D eigenvalue weighted by Crippen LogP contribution is 2.27. The van der Waals surface area contributed by atoms with Crippen LogP contribution in [0.1, 0.15) is 5.56 Å². The van der Waals surface area contributed by atoms with Gasteiger partial charge in [-0.05, 0) is 42.0 Å². The second-order valence-electron chi connectivity index (χ2n) is 5.92. The van der Waals surface area contributed by atoms with Gasteiger partial charge in [-0.25, -0.2) is 4.98 Å². The summed E-state index contributed by atoms with van der Waals surface area (Å²) in [6.07, 6.45) is 0.334. The molecule has 0 fully saturated rings. The first-order valence-electron chi connectivity index (χ1n) is 8.18. The SMILES string of the molecule is O=C(Cc1ccccc1)Nc1ccc2oc(-c3cccc(Br)c3)nc2c1. The lowest BCUT2D eigenvalue weighted by Gasteiger charge is -2.04. The maximum atomic E-state index is 12.2. The molecule has 0 unspecified atom stereocenters. The molecule has 3 aromatic carbocycles. The maximum Gasteiger partial charge on any atom is 0.228 e. The fourth-order valence-corrected chi connectivity index (χ4v) is 3.14. The molecule has 0 aliphatic heterocycles. The number of anilines is 1. The van der Waals surface area contributed by atoms with E-state index in [1.807, 2.05) is 72.8 Å². The molecule has 128 valence electrons. The number of fused-ring (bicyclic) bond motifs is 1. The van der Waals surface area contributed by atoms with Gasteiger partial charge in [-0.15, -0.1) is 0 Å². The second kappa shape index (κ2) is 7.14. The van der Waals surface area contributed by atoms with Gasteiger partial charge in [0.05, 0.1) is 6.42 Å². The van der Waals surface area contributed by atoms with Crippen LogP contribution in [0, 0.1) is 0 Å². The first-order valence-corrected chi connectivity index (χ1v) is 8.97. The smallest absolute Gasteiger partial charge is 0.228 e. The van der Waals surface area contributed by atoms with Gasteiger partial charge in [0, 0.05) is 15.7 Å². The number of amides is 1. The van der Waals surface area contributed by atoms with Crippen LogP contribution in [-0.2, 0) is 11.2 Å². The molecular weight excluding hydrogens is 392 g/mol. The van der Waals surface area contributed by atoms with Crippen molar-refractivity contribution in [3.05, 3.63) is 82.8 Å². The zero-order valence-corrected chi connectivity index (χ0v) is 15.4. The van der Waals surface area contributed by atoms with Crippen LogP contribution in [0.15, 0.2) is 81.7 Å². The molecule has 4 rings (SSSR count). The number of benzene rings is 3. The third kappa shape index (κ3) is 3.68. The Labute approximate surface area is 159 Å². The molecule has 5 heteroatoms. The van der Waals surface area contributed by atoms with Crippen molar-refractivity contribution in [3.63, 3.8) is 0 Å². The Balaban J connectivity index is 1.55. The Morgan fingerprint density at radius 2 is 1.85 bits per heavy atom. The Bertz CT molecular complexity index is 1070. The minimum Gasteiger partial charge on any atom is -0.436 e. The molecule has 0 saturated carbocycles. The van der Waals surface area contributed by atoms with E-state index in [-0.39, 0.29) is 5.91 Å². The Hall–Kier alpha value is -2.92. The van der Waals surface area contributed by atoms with Crippen LogP contribution in [0.2, 0.25) is 0 Å². The molecule has 4 aromatic rings. The number of hydrogen-bond donors (Lipinski definition) is 1. The summed E-state index contributed by atoms with van der Waals surface area (Å²) < 4.78 is 6.78. The molecule has 0 saturated heterocycles. The van der Waals surface area contributed by atoms with Crippen LogP contribution >= 0.6 is 15.9 Å². The van der Waals surface area contributed by atoms with E-state index in [0.29, 0.717) is 29.1 Å². The van der Waals surface area contributed by atoms with Gasteiger partial charge in [-0.1, -0.05) is 52.3 Å². The third-order valence-corrected chi connectivity index (χ3v) is 4.44. The van der Waals surface area contributed by atoms with Crippen molar-refractivity contribution in [1.29, 1.82) is 0 Å². The van der Waals surface area contributed by atoms with Gasteiger partial charge in [-0.2, -0.15) is 0 Å². The topological polar surface area (TPSA) is 55.1 Å². The fraction of sp³-hybridized carbons (Fsp3) is 0.0476. The van der Waals surface area contributed by atoms with Gasteiger partial charge < -0.3 is 9.73 Å². The highest BCUT2D eigenvalue weighted by Gasteiger charge is 2.10. The highest BCUT2D eigenvalue weighted by molar-refractivity contribution is 9.10. The maximum absolute atomic E-state index is 12.2. The van der Waals surface area contributed by atoms with Crippen LogP contribution in [0.4, 0.5) is 5.69 Å². The van der Waals surface area contributed by atoms with Crippen molar-refractivity contribution in [1.82, 2.24) is 4.98 Å². The van der Waals surface area contributed by atoms with Crippen molar-refractivity contribution in [3.8, 4) is 11.5 Å². The molecule has 1 aromatic heterocycles. The number of nitrogens with one attached hydrogen (secondary N) is 1. The molecule has 0 spiro atoms. The first-order chi connectivity index (χ1) is 12.7. The van der Waals surface area contributed by atoms with Gasteiger partial charge in [0.1, 0.15) is 5.52 Å². The molecule has 0 aliphatic rings. The normalized spacial score (nSPS) is 10.8. The Kier molecular flexibility index (Phi) is 4.54. The molecular formula is C21H15BrN2O2. The lowest BCUT2D eigenvalue weighted by atomic mass is 10.1. The molecule has 4 nitrogen and oxygen atoms in total. The lowest BCUT2D eigenvalue weighted by molar-refractivity contribution is -0.115. The Morgan fingerprint density at radius 3 is 2.65 bits per heavy atom. The number of hydrogen-bond acceptors (Lipinski definition) is 3. The number of nitrogens with zero attached hydrogens (tertiary/aromatic N) is 1. The van der Waals surface area contributed by atoms with E-state index in [4.69, 9.17) is 4.42 Å². The van der Waals surface area contributed by atoms with Gasteiger partial charge >= 0.3 is 0 Å². The average molecular weight is 407 g/mol. The third-order valence-electron chi connectivity index (χ3n) is 3.95. The van der Waals surface area contributed by atoms with E-state index in [2.05, 4.69) is 26.2 Å². The molecule has 26 heavy (non-hydrogen) atoms. The number of halogens is 1. The monoisotopic (exact) mass is 406 g/mol. The molecule has 0 aliphatic carbocycles. The summed E-state index contributed by atoms with van der Waals surface area (Å²) in [5.74, 6) is 0.486. The van der Waals surface area contributed by atoms with Gasteiger partial charge in [0.2, 0.25) is 11.8 Å². The highest BCUT2D eigenvalue weighted by atomic mass is 79.9. The summed E-state index contributed by atoms with van der Waals surface area (Å²) >= 11 is 3.45. The van der Waals surface area contributed by atoms with E-state index >= 15 is 0 Å². The van der Waals surface area contributed by atoms with Crippen molar-refractivity contribution in [2.75, 3.05) is 5.32 Å². The quantitative estimate of drug-likeness (QED) is 0.490. The van der Waals surface area contributed by atoms with Crippen LogP contribution in [0.5, 0.6) is 0 Å². The van der Waals surface area contributed by atoms with E-state index in [0.717, 1.165) is 15.6 Å². The minimum absolute atomic E-state index is 0.0636. The van der Waals surface area contributed by atoms with Crippen LogP contribution in [-0.4, -0.2) is 10.9 Å². The summed E-state index contributed by atoms with van der Waals surface area (Å²) in [4.78, 5) is 16.8. The number of aromatic nitrogens is 1. The fourth-order valence-electron chi connectivity index (χ4n) is 2.74. The lowest BCUT2D eigenvalue weighted by Crippen LogP contribution is -2.14. The molecule has 0 atom stereocenters. The average Bonchev–Trinajstić information content (AvgIpc) is 3.06. The molecule has 0 bridgehead atoms. The van der Waals surface area contributed by atoms with E-state index in [1.165, 1.54) is 0 Å². The van der Waals surface area contributed by atoms with Crippen molar-refractivity contribution in [2.24, 2.45) is 0 Å². The van der Waals surface area contributed by atoms with E-state index < -0.39 is 0 Å². The van der Waals surface area contributed by atoms with Crippen molar-refractivity contribution >= 4 is 38.6 Å². The van der Waals surface area contributed by atoms with Crippen molar-refractivity contribution in [2.45, 2.75) is 6.42 Å². The number of rotatable bonds is 4. The summed E-state index contributed by atoms with van der Waals surface area (Å²) in [5.41, 5.74) is 3.96. The van der Waals surface area contributed by atoms with Crippen LogP contribution in [0.25, 0.3) is 22.6 Å². The summed E-state index contributed by atoms with van der Waals surface area (Å²) in [7, 11) is 0. The van der Waals surface area contributed by atoms with Gasteiger partial charge in [-0.3, -0.25) is 4.79 Å². The minimum atomic E-state index is -0.0636. The molecule has 0 radical (unpaired) electrons. The summed E-state index contributed by atoms with van der Waals surface area (Å²) in [6, 6.07) is 22.9. The molecule has 1 heterocycles. The first kappa shape index (κ1) is 16.5. The zero-order valence-electron chi connectivity index (χ0n) is 13.8. The molecule has 1 amide bonds. The number of oxazole rings is 1. The van der Waals surface area contributed by atoms with Gasteiger partial charge in [0.15, 0.2) is 5.58 Å². The predicted molar refractivity (Wildman–Crippen MR) is 106 cm³/mol. The van der Waals surface area contributed by atoms with E-state index in [9.17, 15) is 4.79 Å². The standard InChI is InChI=1S/C21H15BrN2O2/c22-16-8-4-7-15(12-16)21-24-18-13-17(9-10-19(18)26-21)23-20(25)11-14-5-2-1-3-6-14/h1-10,12-13H,11H2,(H,23,25). The number of carbonyl (C=O) groups excluding carboxylic acids is 1. The predicted octanol–water partition coefficient (Wildman–Crippen LogP) is 5.44. The second-order valence-corrected chi connectivity index (χ2v) is 6.84. The van der Waals surface area contributed by atoms with Gasteiger partial charge in [0.25, 0.3) is 0 Å². The van der Waals surface area contributed by atoms with E-state index in [1.54, 1.807) is 0 Å². The molecule has 1 N–H and O–H groups in total.